The highest BCUT2D eigenvalue weighted by Crippen LogP contribution is 2.23. The Hall–Kier alpha value is -2.60. The summed E-state index contributed by atoms with van der Waals surface area (Å²) in [5.74, 6) is 1.38. The summed E-state index contributed by atoms with van der Waals surface area (Å²) in [7, 11) is 1.76. The average Bonchev–Trinajstić information content (AvgIpc) is 3.30. The van der Waals surface area contributed by atoms with Gasteiger partial charge in [0.2, 0.25) is 5.89 Å². The third-order valence-corrected chi connectivity index (χ3v) is 4.45. The van der Waals surface area contributed by atoms with Gasteiger partial charge in [-0.15, -0.1) is 11.3 Å². The molecule has 0 saturated carbocycles. The third kappa shape index (κ3) is 4.02. The van der Waals surface area contributed by atoms with E-state index in [1.165, 1.54) is 5.56 Å². The second-order valence-corrected chi connectivity index (χ2v) is 6.27. The minimum atomic E-state index is 0.163. The number of aromatic nitrogens is 1. The van der Waals surface area contributed by atoms with Gasteiger partial charge in [-0.2, -0.15) is 0 Å². The van der Waals surface area contributed by atoms with Gasteiger partial charge in [0, 0.05) is 7.05 Å². The second kappa shape index (κ2) is 7.79. The van der Waals surface area contributed by atoms with Crippen molar-refractivity contribution in [3.63, 3.8) is 0 Å². The lowest BCUT2D eigenvalue weighted by molar-refractivity contribution is 0.573. The van der Waals surface area contributed by atoms with Gasteiger partial charge in [0.05, 0.1) is 23.2 Å². The van der Waals surface area contributed by atoms with Crippen molar-refractivity contribution in [3.05, 3.63) is 65.4 Å². The maximum Gasteiger partial charge on any atom is 0.236 e. The highest BCUT2D eigenvalue weighted by molar-refractivity contribution is 7.13. The van der Waals surface area contributed by atoms with E-state index in [-0.39, 0.29) is 6.04 Å². The van der Waals surface area contributed by atoms with Crippen LogP contribution in [0.25, 0.3) is 10.8 Å². The number of rotatable bonds is 5. The predicted octanol–water partition coefficient (Wildman–Crippen LogP) is 3.83. The highest BCUT2D eigenvalue weighted by atomic mass is 32.1. The quantitative estimate of drug-likeness (QED) is 0.547. The Morgan fingerprint density at radius 3 is 2.79 bits per heavy atom. The van der Waals surface area contributed by atoms with Gasteiger partial charge in [-0.1, -0.05) is 36.4 Å². The number of hydrogen-bond acceptors (Lipinski definition) is 4. The van der Waals surface area contributed by atoms with E-state index in [1.807, 2.05) is 35.7 Å². The van der Waals surface area contributed by atoms with E-state index in [0.717, 1.165) is 16.5 Å². The second-order valence-electron chi connectivity index (χ2n) is 5.32. The first-order valence-electron chi connectivity index (χ1n) is 7.76. The lowest BCUT2D eigenvalue weighted by Gasteiger charge is -2.17. The van der Waals surface area contributed by atoms with E-state index in [9.17, 15) is 0 Å². The molecule has 1 atom stereocenters. The van der Waals surface area contributed by atoms with Crippen LogP contribution in [0.1, 0.15) is 24.2 Å². The number of aliphatic imine (C=N–C) groups is 1. The first-order chi connectivity index (χ1) is 11.8. The molecule has 0 aliphatic heterocycles. The summed E-state index contributed by atoms with van der Waals surface area (Å²) < 4.78 is 5.52. The molecule has 24 heavy (non-hydrogen) atoms. The van der Waals surface area contributed by atoms with Crippen LogP contribution >= 0.6 is 11.3 Å². The molecule has 0 saturated heterocycles. The van der Waals surface area contributed by atoms with Crippen molar-refractivity contribution >= 4 is 17.3 Å². The average molecular weight is 340 g/mol. The predicted molar refractivity (Wildman–Crippen MR) is 98.0 cm³/mol. The Kier molecular flexibility index (Phi) is 5.28. The summed E-state index contributed by atoms with van der Waals surface area (Å²) in [5.41, 5.74) is 2.05. The van der Waals surface area contributed by atoms with Crippen molar-refractivity contribution in [1.29, 1.82) is 0 Å². The van der Waals surface area contributed by atoms with E-state index in [4.69, 9.17) is 4.42 Å². The van der Waals surface area contributed by atoms with Gasteiger partial charge in [0.1, 0.15) is 6.26 Å². The molecular formula is C18H20N4OS. The van der Waals surface area contributed by atoms with Crippen LogP contribution < -0.4 is 10.6 Å². The molecule has 2 N–H and O–H groups in total. The molecule has 0 aliphatic carbocycles. The Morgan fingerprint density at radius 2 is 2.08 bits per heavy atom. The number of benzene rings is 1. The summed E-state index contributed by atoms with van der Waals surface area (Å²) in [5, 5.41) is 8.64. The van der Waals surface area contributed by atoms with Crippen molar-refractivity contribution < 1.29 is 4.42 Å². The molecule has 124 valence electrons. The van der Waals surface area contributed by atoms with Crippen molar-refractivity contribution in [3.8, 4) is 10.8 Å². The van der Waals surface area contributed by atoms with E-state index in [1.54, 1.807) is 24.6 Å². The Bertz CT molecular complexity index is 780. The molecule has 0 spiro atoms. The van der Waals surface area contributed by atoms with Gasteiger partial charge in [0.25, 0.3) is 0 Å². The summed E-state index contributed by atoms with van der Waals surface area (Å²) in [4.78, 5) is 9.79. The molecular weight excluding hydrogens is 320 g/mol. The van der Waals surface area contributed by atoms with Gasteiger partial charge in [-0.25, -0.2) is 4.98 Å². The number of guanidine groups is 1. The van der Waals surface area contributed by atoms with Crippen LogP contribution in [-0.2, 0) is 6.54 Å². The molecule has 0 bridgehead atoms. The fourth-order valence-corrected chi connectivity index (χ4v) is 2.96. The number of oxazole rings is 1. The van der Waals surface area contributed by atoms with Crippen LogP contribution in [0, 0.1) is 0 Å². The van der Waals surface area contributed by atoms with Crippen LogP contribution in [-0.4, -0.2) is 18.0 Å². The normalized spacial score (nSPS) is 12.8. The molecule has 2 aromatic heterocycles. The third-order valence-electron chi connectivity index (χ3n) is 3.60. The van der Waals surface area contributed by atoms with Gasteiger partial charge in [0.15, 0.2) is 5.96 Å². The standard InChI is InChI=1S/C18H20N4OS/c1-13(14-7-4-3-5-8-14)21-18(19-2)20-11-15-12-23-17(22-15)16-9-6-10-24-16/h3-10,12-13H,11H2,1-2H3,(H2,19,20,21). The van der Waals surface area contributed by atoms with Crippen LogP contribution in [0.4, 0.5) is 0 Å². The van der Waals surface area contributed by atoms with Crippen molar-refractivity contribution in [2.45, 2.75) is 19.5 Å². The number of nitrogens with zero attached hydrogens (tertiary/aromatic N) is 2. The van der Waals surface area contributed by atoms with Gasteiger partial charge >= 0.3 is 0 Å². The van der Waals surface area contributed by atoms with Crippen LogP contribution in [0.3, 0.4) is 0 Å². The maximum atomic E-state index is 5.52. The monoisotopic (exact) mass is 340 g/mol. The van der Waals surface area contributed by atoms with Crippen molar-refractivity contribution in [2.24, 2.45) is 4.99 Å². The zero-order valence-electron chi connectivity index (χ0n) is 13.7. The number of thiophene rings is 1. The van der Waals surface area contributed by atoms with E-state index >= 15 is 0 Å². The van der Waals surface area contributed by atoms with Gasteiger partial charge < -0.3 is 15.1 Å². The lowest BCUT2D eigenvalue weighted by atomic mass is 10.1. The molecule has 1 unspecified atom stereocenters. The first-order valence-corrected chi connectivity index (χ1v) is 8.64. The summed E-state index contributed by atoms with van der Waals surface area (Å²) in [6.07, 6.45) is 1.68. The molecule has 0 aliphatic rings. The fraction of sp³-hybridized carbons (Fsp3) is 0.222. The molecule has 0 radical (unpaired) electrons. The van der Waals surface area contributed by atoms with Crippen LogP contribution in [0.2, 0.25) is 0 Å². The minimum Gasteiger partial charge on any atom is -0.443 e. The molecule has 1 aromatic carbocycles. The Balaban J connectivity index is 1.57. The largest absolute Gasteiger partial charge is 0.443 e. The van der Waals surface area contributed by atoms with E-state index in [0.29, 0.717) is 12.4 Å². The number of hydrogen-bond donors (Lipinski definition) is 2. The SMILES string of the molecule is CN=C(NCc1coc(-c2cccs2)n1)NC(C)c1ccccc1. The van der Waals surface area contributed by atoms with Crippen LogP contribution in [0.5, 0.6) is 0 Å². The zero-order chi connectivity index (χ0) is 16.8. The molecule has 3 aromatic rings. The Morgan fingerprint density at radius 1 is 1.25 bits per heavy atom. The van der Waals surface area contributed by atoms with E-state index < -0.39 is 0 Å². The first kappa shape index (κ1) is 16.3. The lowest BCUT2D eigenvalue weighted by Crippen LogP contribution is -2.38. The van der Waals surface area contributed by atoms with E-state index in [2.05, 4.69) is 39.7 Å². The number of nitrogens with one attached hydrogen (secondary N) is 2. The van der Waals surface area contributed by atoms with Crippen molar-refractivity contribution in [1.82, 2.24) is 15.6 Å². The van der Waals surface area contributed by atoms with Gasteiger partial charge in [-0.05, 0) is 23.9 Å². The summed E-state index contributed by atoms with van der Waals surface area (Å²) in [6.45, 7) is 2.66. The fourth-order valence-electron chi connectivity index (χ4n) is 2.30. The summed E-state index contributed by atoms with van der Waals surface area (Å²) in [6, 6.07) is 14.4. The Labute approximate surface area is 145 Å². The topological polar surface area (TPSA) is 62.5 Å². The molecule has 5 nitrogen and oxygen atoms in total. The molecule has 0 fully saturated rings. The van der Waals surface area contributed by atoms with Gasteiger partial charge in [-0.3, -0.25) is 4.99 Å². The molecule has 0 amide bonds. The smallest absolute Gasteiger partial charge is 0.236 e. The van der Waals surface area contributed by atoms with Crippen LogP contribution in [0.15, 0.2) is 63.5 Å². The molecule has 2 heterocycles. The summed E-state index contributed by atoms with van der Waals surface area (Å²) >= 11 is 1.61. The molecule has 6 heteroatoms. The highest BCUT2D eigenvalue weighted by Gasteiger charge is 2.10. The maximum absolute atomic E-state index is 5.52. The molecule has 3 rings (SSSR count). The minimum absolute atomic E-state index is 0.163. The zero-order valence-corrected chi connectivity index (χ0v) is 14.5. The van der Waals surface area contributed by atoms with Crippen molar-refractivity contribution in [2.75, 3.05) is 7.05 Å².